The summed E-state index contributed by atoms with van der Waals surface area (Å²) in [4.78, 5) is 39.7. The van der Waals surface area contributed by atoms with Crippen LogP contribution in [-0.2, 0) is 14.3 Å². The first kappa shape index (κ1) is 24.0. The molecule has 3 aromatic rings. The summed E-state index contributed by atoms with van der Waals surface area (Å²) in [6, 6.07) is 15.1. The number of cyclic esters (lactones) is 1. The van der Waals surface area contributed by atoms with Crippen LogP contribution >= 0.6 is 11.8 Å². The van der Waals surface area contributed by atoms with Crippen LogP contribution in [0.5, 0.6) is 0 Å². The predicted molar refractivity (Wildman–Crippen MR) is 143 cm³/mol. The summed E-state index contributed by atoms with van der Waals surface area (Å²) in [7, 11) is 1.65. The van der Waals surface area contributed by atoms with Crippen LogP contribution in [0, 0.1) is 0 Å². The van der Waals surface area contributed by atoms with Crippen molar-refractivity contribution < 1.29 is 19.1 Å². The van der Waals surface area contributed by atoms with Crippen LogP contribution in [0.3, 0.4) is 0 Å². The Balaban J connectivity index is 1.08. The molecule has 0 spiro atoms. The first-order valence-corrected chi connectivity index (χ1v) is 13.4. The van der Waals surface area contributed by atoms with Gasteiger partial charge in [-0.2, -0.15) is 0 Å². The number of nitrogens with one attached hydrogen (secondary N) is 2. The smallest absolute Gasteiger partial charge is 0.414 e. The summed E-state index contributed by atoms with van der Waals surface area (Å²) in [5, 5.41) is 7.54. The van der Waals surface area contributed by atoms with Crippen LogP contribution in [0.2, 0.25) is 0 Å². The highest BCUT2D eigenvalue weighted by molar-refractivity contribution is 8.00. The van der Waals surface area contributed by atoms with Gasteiger partial charge in [-0.05, 0) is 54.6 Å². The highest BCUT2D eigenvalue weighted by Crippen LogP contribution is 2.39. The van der Waals surface area contributed by atoms with E-state index in [0.29, 0.717) is 31.9 Å². The van der Waals surface area contributed by atoms with E-state index in [1.807, 2.05) is 41.0 Å². The van der Waals surface area contributed by atoms with Gasteiger partial charge in [0.05, 0.1) is 42.2 Å². The molecule has 6 rings (SSSR count). The fourth-order valence-electron chi connectivity index (χ4n) is 5.58. The molecular formula is C27H28N4O5S. The number of nitrogens with zero attached hydrogens (tertiary/aromatic N) is 2. The Morgan fingerprint density at radius 1 is 1.16 bits per heavy atom. The molecule has 3 atom stereocenters. The van der Waals surface area contributed by atoms with Gasteiger partial charge in [0.15, 0.2) is 0 Å². The van der Waals surface area contributed by atoms with Crippen LogP contribution in [-0.4, -0.2) is 55.2 Å². The van der Waals surface area contributed by atoms with E-state index in [-0.39, 0.29) is 35.7 Å². The van der Waals surface area contributed by atoms with Gasteiger partial charge >= 0.3 is 6.09 Å². The summed E-state index contributed by atoms with van der Waals surface area (Å²) < 4.78 is 13.0. The third kappa shape index (κ3) is 4.39. The van der Waals surface area contributed by atoms with Crippen molar-refractivity contribution >= 4 is 46.0 Å². The maximum atomic E-state index is 12.7. The maximum absolute atomic E-state index is 12.7. The Morgan fingerprint density at radius 2 is 2.05 bits per heavy atom. The van der Waals surface area contributed by atoms with Crippen molar-refractivity contribution in [2.75, 3.05) is 42.8 Å². The summed E-state index contributed by atoms with van der Waals surface area (Å²) in [6.07, 6.45) is 0.937. The number of thioether (sulfide) groups is 1. The summed E-state index contributed by atoms with van der Waals surface area (Å²) in [6.45, 7) is 1.61. The number of methoxy groups -OCH3 is 1. The molecule has 0 radical (unpaired) electrons. The lowest BCUT2D eigenvalue weighted by Crippen LogP contribution is -2.33. The van der Waals surface area contributed by atoms with Gasteiger partial charge in [0.25, 0.3) is 5.56 Å². The van der Waals surface area contributed by atoms with E-state index in [4.69, 9.17) is 9.47 Å². The van der Waals surface area contributed by atoms with Crippen LogP contribution in [0.1, 0.15) is 30.5 Å². The van der Waals surface area contributed by atoms with Crippen molar-refractivity contribution in [2.24, 2.45) is 0 Å². The van der Waals surface area contributed by atoms with E-state index in [1.165, 1.54) is 11.8 Å². The first-order chi connectivity index (χ1) is 18.0. The molecule has 0 saturated carbocycles. The SMILES string of the molecule is COC[C@@H]1[C@@H](NCCC[C@@H]2CN(c3ccc4c(c3)NC(=O)CS4)C(=O)O2)c2cccc3ccc(=O)n1c23. The van der Waals surface area contributed by atoms with Gasteiger partial charge in [0.2, 0.25) is 5.91 Å². The number of amides is 2. The van der Waals surface area contributed by atoms with Crippen molar-refractivity contribution in [3.05, 3.63) is 64.4 Å². The minimum absolute atomic E-state index is 0.0235. The molecule has 4 heterocycles. The zero-order chi connectivity index (χ0) is 25.5. The van der Waals surface area contributed by atoms with Gasteiger partial charge in [-0.25, -0.2) is 4.79 Å². The number of ether oxygens (including phenoxy) is 2. The van der Waals surface area contributed by atoms with E-state index in [1.54, 1.807) is 18.1 Å². The molecule has 0 unspecified atom stereocenters. The van der Waals surface area contributed by atoms with Crippen molar-refractivity contribution in [2.45, 2.75) is 35.9 Å². The second kappa shape index (κ2) is 9.85. The lowest BCUT2D eigenvalue weighted by Gasteiger charge is -2.23. The van der Waals surface area contributed by atoms with Gasteiger partial charge in [-0.1, -0.05) is 18.2 Å². The lowest BCUT2D eigenvalue weighted by molar-refractivity contribution is -0.113. The van der Waals surface area contributed by atoms with E-state index >= 15 is 0 Å². The largest absolute Gasteiger partial charge is 0.444 e. The van der Waals surface area contributed by atoms with Gasteiger partial charge in [-0.3, -0.25) is 14.5 Å². The second-order valence-corrected chi connectivity index (χ2v) is 10.6. The molecule has 3 aliphatic rings. The number of para-hydroxylation sites is 1. The fraction of sp³-hybridized carbons (Fsp3) is 0.370. The molecule has 2 aromatic carbocycles. The zero-order valence-corrected chi connectivity index (χ0v) is 21.3. The number of hydrogen-bond acceptors (Lipinski definition) is 7. The van der Waals surface area contributed by atoms with Crippen molar-refractivity contribution in [3.63, 3.8) is 0 Å². The predicted octanol–water partition coefficient (Wildman–Crippen LogP) is 3.68. The van der Waals surface area contributed by atoms with E-state index < -0.39 is 0 Å². The van der Waals surface area contributed by atoms with E-state index in [0.717, 1.165) is 39.2 Å². The number of carbonyl (C=O) groups is 2. The Labute approximate surface area is 218 Å². The Morgan fingerprint density at radius 3 is 2.92 bits per heavy atom. The number of fused-ring (bicyclic) bond motifs is 1. The van der Waals surface area contributed by atoms with Crippen molar-refractivity contribution in [1.82, 2.24) is 9.88 Å². The van der Waals surface area contributed by atoms with Crippen molar-refractivity contribution in [1.29, 1.82) is 0 Å². The molecule has 1 aromatic heterocycles. The number of anilines is 2. The number of rotatable bonds is 8. The van der Waals surface area contributed by atoms with Crippen molar-refractivity contribution in [3.8, 4) is 0 Å². The molecule has 9 nitrogen and oxygen atoms in total. The Hall–Kier alpha value is -3.34. The first-order valence-electron chi connectivity index (χ1n) is 12.4. The fourth-order valence-corrected chi connectivity index (χ4v) is 6.37. The molecule has 1 saturated heterocycles. The van der Waals surface area contributed by atoms with Crippen LogP contribution in [0.15, 0.2) is 58.2 Å². The number of aromatic nitrogens is 1. The zero-order valence-electron chi connectivity index (χ0n) is 20.4. The molecule has 0 bridgehead atoms. The highest BCUT2D eigenvalue weighted by atomic mass is 32.2. The number of benzene rings is 2. The van der Waals surface area contributed by atoms with Crippen LogP contribution in [0.4, 0.5) is 16.2 Å². The molecule has 0 aliphatic carbocycles. The standard InChI is InChI=1S/C27H28N4O5S/c1-35-14-21-25(19-6-2-4-16-7-10-24(33)31(21)26(16)19)28-11-3-5-18-13-30(27(34)36-18)17-8-9-22-20(12-17)29-23(32)15-37-22/h2,4,6-10,12,18,21,25,28H,3,5,11,13-15H2,1H3,(H,29,32)/t18-,21-,25+/m1/s1. The molecule has 2 N–H and O–H groups in total. The minimum atomic E-state index is -0.370. The van der Waals surface area contributed by atoms with E-state index in [2.05, 4.69) is 16.7 Å². The Kier molecular flexibility index (Phi) is 6.39. The molecular weight excluding hydrogens is 492 g/mol. The topological polar surface area (TPSA) is 102 Å². The van der Waals surface area contributed by atoms with Gasteiger partial charge < -0.3 is 24.7 Å². The van der Waals surface area contributed by atoms with E-state index in [9.17, 15) is 14.4 Å². The molecule has 37 heavy (non-hydrogen) atoms. The average molecular weight is 521 g/mol. The molecule has 3 aliphatic heterocycles. The minimum Gasteiger partial charge on any atom is -0.444 e. The summed E-state index contributed by atoms with van der Waals surface area (Å²) in [5.74, 6) is 0.363. The average Bonchev–Trinajstić information content (AvgIpc) is 3.42. The normalized spacial score (nSPS) is 22.3. The number of pyridine rings is 1. The van der Waals surface area contributed by atoms with Gasteiger partial charge in [-0.15, -0.1) is 11.8 Å². The number of hydrogen-bond donors (Lipinski definition) is 2. The number of carbonyl (C=O) groups excluding carboxylic acids is 2. The lowest BCUT2D eigenvalue weighted by atomic mass is 10.0. The van der Waals surface area contributed by atoms with Crippen LogP contribution in [0.25, 0.3) is 10.9 Å². The Bertz CT molecular complexity index is 1440. The monoisotopic (exact) mass is 520 g/mol. The van der Waals surface area contributed by atoms with Gasteiger partial charge in [0, 0.05) is 23.8 Å². The maximum Gasteiger partial charge on any atom is 0.414 e. The third-order valence-corrected chi connectivity index (χ3v) is 8.29. The second-order valence-electron chi connectivity index (χ2n) is 9.56. The molecule has 192 valence electrons. The quantitative estimate of drug-likeness (QED) is 0.437. The van der Waals surface area contributed by atoms with Gasteiger partial charge in [0.1, 0.15) is 6.10 Å². The molecule has 1 fully saturated rings. The highest BCUT2D eigenvalue weighted by Gasteiger charge is 2.35. The summed E-state index contributed by atoms with van der Waals surface area (Å²) in [5.41, 5.74) is 3.50. The molecule has 10 heteroatoms. The van der Waals surface area contributed by atoms with Crippen LogP contribution < -0.4 is 21.1 Å². The molecule has 2 amide bonds. The third-order valence-electron chi connectivity index (χ3n) is 7.22. The summed E-state index contributed by atoms with van der Waals surface area (Å²) >= 11 is 1.49.